The molecule has 0 nitrogen and oxygen atoms in total. The third-order valence-electron chi connectivity index (χ3n) is 2.79. The highest BCUT2D eigenvalue weighted by atomic mass is 14.2. The first-order chi connectivity index (χ1) is 5.86. The summed E-state index contributed by atoms with van der Waals surface area (Å²) in [4.78, 5) is 0. The maximum Gasteiger partial charge on any atom is -0.0233 e. The minimum Gasteiger partial charge on any atom is -0.103 e. The van der Waals surface area contributed by atoms with Crippen molar-refractivity contribution in [1.29, 1.82) is 0 Å². The molecule has 68 valence electrons. The summed E-state index contributed by atoms with van der Waals surface area (Å²) in [6, 6.07) is 0. The fourth-order valence-corrected chi connectivity index (χ4v) is 1.90. The zero-order valence-electron chi connectivity index (χ0n) is 8.13. The first-order valence-corrected chi connectivity index (χ1v) is 5.16. The molecule has 0 atom stereocenters. The molecule has 0 bridgehead atoms. The molecule has 1 rings (SSSR count). The Morgan fingerprint density at radius 1 is 1.17 bits per heavy atom. The van der Waals surface area contributed by atoms with Crippen LogP contribution in [-0.2, 0) is 0 Å². The zero-order valence-corrected chi connectivity index (χ0v) is 8.13. The monoisotopic (exact) mass is 164 g/mol. The quantitative estimate of drug-likeness (QED) is 0.554. The van der Waals surface area contributed by atoms with Gasteiger partial charge in [0.25, 0.3) is 0 Å². The lowest BCUT2D eigenvalue weighted by atomic mass is 9.82. The highest BCUT2D eigenvalue weighted by Crippen LogP contribution is 2.29. The Balaban J connectivity index is 2.26. The van der Waals surface area contributed by atoms with Gasteiger partial charge >= 0.3 is 0 Å². The molecular weight excluding hydrogens is 144 g/mol. The van der Waals surface area contributed by atoms with Gasteiger partial charge in [0, 0.05) is 0 Å². The van der Waals surface area contributed by atoms with Gasteiger partial charge in [-0.15, -0.1) is 6.58 Å². The number of hydrogen-bond donors (Lipinski definition) is 0. The molecule has 0 aromatic rings. The molecule has 1 aliphatic carbocycles. The van der Waals surface area contributed by atoms with Crippen molar-refractivity contribution in [3.63, 3.8) is 0 Å². The van der Waals surface area contributed by atoms with Gasteiger partial charge in [-0.25, -0.2) is 0 Å². The average molecular weight is 164 g/mol. The molecule has 1 aliphatic rings. The van der Waals surface area contributed by atoms with Crippen LogP contribution in [0.1, 0.15) is 39.0 Å². The van der Waals surface area contributed by atoms with Gasteiger partial charge < -0.3 is 0 Å². The van der Waals surface area contributed by atoms with E-state index >= 15 is 0 Å². The molecule has 0 N–H and O–H groups in total. The fourth-order valence-electron chi connectivity index (χ4n) is 1.90. The van der Waals surface area contributed by atoms with Crippen LogP contribution in [0.2, 0.25) is 0 Å². The van der Waals surface area contributed by atoms with E-state index in [0.717, 1.165) is 11.8 Å². The largest absolute Gasteiger partial charge is 0.103 e. The molecule has 0 aliphatic heterocycles. The molecule has 0 heteroatoms. The molecule has 0 aromatic heterocycles. The molecule has 1 fully saturated rings. The van der Waals surface area contributed by atoms with Gasteiger partial charge in [-0.3, -0.25) is 0 Å². The highest BCUT2D eigenvalue weighted by molar-refractivity contribution is 4.93. The van der Waals surface area contributed by atoms with Crippen LogP contribution in [0.25, 0.3) is 0 Å². The van der Waals surface area contributed by atoms with Crippen molar-refractivity contribution in [2.45, 2.75) is 39.0 Å². The van der Waals surface area contributed by atoms with Crippen LogP contribution in [0.4, 0.5) is 0 Å². The topological polar surface area (TPSA) is 0 Å². The van der Waals surface area contributed by atoms with Crippen molar-refractivity contribution in [2.24, 2.45) is 11.8 Å². The Hall–Kier alpha value is -0.520. The minimum absolute atomic E-state index is 0.802. The zero-order chi connectivity index (χ0) is 8.81. The van der Waals surface area contributed by atoms with E-state index in [1.165, 1.54) is 32.1 Å². The van der Waals surface area contributed by atoms with Crippen molar-refractivity contribution < 1.29 is 0 Å². The smallest absolute Gasteiger partial charge is 0.0233 e. The fraction of sp³-hybridized carbons (Fsp3) is 0.667. The Morgan fingerprint density at radius 3 is 2.25 bits per heavy atom. The summed E-state index contributed by atoms with van der Waals surface area (Å²) < 4.78 is 0. The van der Waals surface area contributed by atoms with Gasteiger partial charge in [0.05, 0.1) is 0 Å². The normalized spacial score (nSPS) is 30.8. The summed E-state index contributed by atoms with van der Waals surface area (Å²) in [5.74, 6) is 1.66. The van der Waals surface area contributed by atoms with Crippen LogP contribution in [0.15, 0.2) is 24.8 Å². The van der Waals surface area contributed by atoms with Gasteiger partial charge in [-0.2, -0.15) is 0 Å². The second kappa shape index (κ2) is 5.18. The maximum absolute atomic E-state index is 3.85. The molecule has 0 amide bonds. The van der Waals surface area contributed by atoms with Gasteiger partial charge in [-0.05, 0) is 43.9 Å². The van der Waals surface area contributed by atoms with Crippen LogP contribution < -0.4 is 0 Å². The molecule has 12 heavy (non-hydrogen) atoms. The SMILES string of the molecule is C=CC1CCC(/C=C/CC)CC1. The Kier molecular flexibility index (Phi) is 4.13. The lowest BCUT2D eigenvalue weighted by Gasteiger charge is -2.24. The predicted octanol–water partition coefficient (Wildman–Crippen LogP) is 3.95. The van der Waals surface area contributed by atoms with E-state index in [-0.39, 0.29) is 0 Å². The van der Waals surface area contributed by atoms with E-state index in [9.17, 15) is 0 Å². The first kappa shape index (κ1) is 9.57. The lowest BCUT2D eigenvalue weighted by Crippen LogP contribution is -2.10. The molecule has 0 unspecified atom stereocenters. The number of hydrogen-bond acceptors (Lipinski definition) is 0. The summed E-state index contributed by atoms with van der Waals surface area (Å²) in [5, 5.41) is 0. The summed E-state index contributed by atoms with van der Waals surface area (Å²) in [6.07, 6.45) is 13.4. The predicted molar refractivity (Wildman–Crippen MR) is 55.1 cm³/mol. The molecule has 0 radical (unpaired) electrons. The van der Waals surface area contributed by atoms with Gasteiger partial charge in [-0.1, -0.05) is 25.2 Å². The summed E-state index contributed by atoms with van der Waals surface area (Å²) in [6.45, 7) is 6.05. The molecule has 1 saturated carbocycles. The average Bonchev–Trinajstić information content (AvgIpc) is 2.15. The second-order valence-electron chi connectivity index (χ2n) is 3.75. The standard InChI is InChI=1S/C12H20/c1-3-5-6-12-9-7-11(4-2)8-10-12/h4-6,11-12H,2-3,7-10H2,1H3/b6-5+. The van der Waals surface area contributed by atoms with E-state index < -0.39 is 0 Å². The number of allylic oxidation sites excluding steroid dienone is 3. The molecule has 0 aromatic carbocycles. The van der Waals surface area contributed by atoms with Gasteiger partial charge in [0.1, 0.15) is 0 Å². The van der Waals surface area contributed by atoms with Gasteiger partial charge in [0.2, 0.25) is 0 Å². The van der Waals surface area contributed by atoms with Crippen LogP contribution in [0.3, 0.4) is 0 Å². The van der Waals surface area contributed by atoms with Crippen molar-refractivity contribution in [1.82, 2.24) is 0 Å². The highest BCUT2D eigenvalue weighted by Gasteiger charge is 2.16. The minimum atomic E-state index is 0.802. The molecule has 0 heterocycles. The van der Waals surface area contributed by atoms with Crippen molar-refractivity contribution in [3.05, 3.63) is 24.8 Å². The van der Waals surface area contributed by atoms with Crippen LogP contribution in [0, 0.1) is 11.8 Å². The third-order valence-corrected chi connectivity index (χ3v) is 2.79. The van der Waals surface area contributed by atoms with Crippen molar-refractivity contribution >= 4 is 0 Å². The van der Waals surface area contributed by atoms with E-state index in [2.05, 4.69) is 31.7 Å². The number of rotatable bonds is 3. The van der Waals surface area contributed by atoms with E-state index in [1.54, 1.807) is 0 Å². The van der Waals surface area contributed by atoms with Crippen LogP contribution in [-0.4, -0.2) is 0 Å². The van der Waals surface area contributed by atoms with E-state index in [4.69, 9.17) is 0 Å². The first-order valence-electron chi connectivity index (χ1n) is 5.16. The summed E-state index contributed by atoms with van der Waals surface area (Å²) >= 11 is 0. The van der Waals surface area contributed by atoms with E-state index in [1.807, 2.05) is 0 Å². The van der Waals surface area contributed by atoms with Crippen molar-refractivity contribution in [3.8, 4) is 0 Å². The Bertz CT molecular complexity index is 147. The van der Waals surface area contributed by atoms with Crippen molar-refractivity contribution in [2.75, 3.05) is 0 Å². The third kappa shape index (κ3) is 2.84. The Labute approximate surface area is 76.4 Å². The molecule has 0 saturated heterocycles. The summed E-state index contributed by atoms with van der Waals surface area (Å²) in [5.41, 5.74) is 0. The van der Waals surface area contributed by atoms with Gasteiger partial charge in [0.15, 0.2) is 0 Å². The van der Waals surface area contributed by atoms with E-state index in [0.29, 0.717) is 0 Å². The lowest BCUT2D eigenvalue weighted by molar-refractivity contribution is 0.356. The molecule has 0 spiro atoms. The summed E-state index contributed by atoms with van der Waals surface area (Å²) in [7, 11) is 0. The second-order valence-corrected chi connectivity index (χ2v) is 3.75. The molecular formula is C12H20. The Morgan fingerprint density at radius 2 is 1.75 bits per heavy atom. The maximum atomic E-state index is 3.85. The van der Waals surface area contributed by atoms with Crippen LogP contribution >= 0.6 is 0 Å². The van der Waals surface area contributed by atoms with Crippen LogP contribution in [0.5, 0.6) is 0 Å².